The van der Waals surface area contributed by atoms with Gasteiger partial charge in [-0.15, -0.1) is 0 Å². The summed E-state index contributed by atoms with van der Waals surface area (Å²) in [7, 11) is 1.74. The molecule has 0 atom stereocenters. The highest BCUT2D eigenvalue weighted by Crippen LogP contribution is 2.25. The van der Waals surface area contributed by atoms with Gasteiger partial charge in [0, 0.05) is 24.0 Å². The molecule has 0 aromatic heterocycles. The van der Waals surface area contributed by atoms with Gasteiger partial charge >= 0.3 is 0 Å². The number of para-hydroxylation sites is 1. The average Bonchev–Trinajstić information content (AvgIpc) is 2.90. The number of benzene rings is 4. The number of rotatable bonds is 6. The lowest BCUT2D eigenvalue weighted by molar-refractivity contribution is -0.120. The Morgan fingerprint density at radius 3 is 1.71 bits per heavy atom. The molecule has 2 amide bonds. The molecule has 0 aliphatic heterocycles. The highest BCUT2D eigenvalue weighted by Gasteiger charge is 2.23. The van der Waals surface area contributed by atoms with Crippen LogP contribution in [0.4, 0.5) is 11.4 Å². The van der Waals surface area contributed by atoms with Crippen molar-refractivity contribution in [3.63, 3.8) is 0 Å². The predicted molar refractivity (Wildman–Crippen MR) is 145 cm³/mol. The molecule has 0 radical (unpaired) electrons. The molecule has 0 fully saturated rings. The SMILES string of the molecule is CN(C(=O)c1ccc(NC(=S)NC(=O)C(c2ccccc2)c2ccccc2)cc1)c1ccccc1. The zero-order chi connectivity index (χ0) is 24.6. The van der Waals surface area contributed by atoms with E-state index in [2.05, 4.69) is 10.6 Å². The fourth-order valence-corrected chi connectivity index (χ4v) is 4.01. The van der Waals surface area contributed by atoms with Gasteiger partial charge in [-0.2, -0.15) is 0 Å². The Morgan fingerprint density at radius 1 is 0.714 bits per heavy atom. The minimum Gasteiger partial charge on any atom is -0.332 e. The van der Waals surface area contributed by atoms with Crippen molar-refractivity contribution in [2.24, 2.45) is 0 Å². The van der Waals surface area contributed by atoms with Crippen molar-refractivity contribution < 1.29 is 9.59 Å². The maximum Gasteiger partial charge on any atom is 0.258 e. The Hall–Kier alpha value is -4.29. The number of hydrogen-bond acceptors (Lipinski definition) is 3. The summed E-state index contributed by atoms with van der Waals surface area (Å²) >= 11 is 5.40. The lowest BCUT2D eigenvalue weighted by atomic mass is 9.90. The second kappa shape index (κ2) is 11.2. The molecule has 0 aliphatic rings. The van der Waals surface area contributed by atoms with Crippen LogP contribution in [-0.2, 0) is 4.79 Å². The second-order valence-electron chi connectivity index (χ2n) is 7.97. The van der Waals surface area contributed by atoms with Crippen LogP contribution in [0.25, 0.3) is 0 Å². The molecule has 35 heavy (non-hydrogen) atoms. The summed E-state index contributed by atoms with van der Waals surface area (Å²) in [6.45, 7) is 0. The maximum atomic E-state index is 13.2. The summed E-state index contributed by atoms with van der Waals surface area (Å²) in [5.41, 5.74) is 3.79. The maximum absolute atomic E-state index is 13.2. The summed E-state index contributed by atoms with van der Waals surface area (Å²) in [5, 5.41) is 6.03. The Bertz CT molecular complexity index is 1250. The van der Waals surface area contributed by atoms with Gasteiger partial charge in [0.2, 0.25) is 5.91 Å². The van der Waals surface area contributed by atoms with E-state index in [0.717, 1.165) is 16.8 Å². The van der Waals surface area contributed by atoms with Crippen molar-refractivity contribution in [2.45, 2.75) is 5.92 Å². The van der Waals surface area contributed by atoms with E-state index in [1.807, 2.05) is 91.0 Å². The van der Waals surface area contributed by atoms with Crippen molar-refractivity contribution in [2.75, 3.05) is 17.3 Å². The van der Waals surface area contributed by atoms with Gasteiger partial charge in [0.25, 0.3) is 5.91 Å². The van der Waals surface area contributed by atoms with Crippen molar-refractivity contribution in [3.05, 3.63) is 132 Å². The first-order valence-electron chi connectivity index (χ1n) is 11.2. The number of thiocarbonyl (C=S) groups is 1. The Labute approximate surface area is 210 Å². The van der Waals surface area contributed by atoms with Gasteiger partial charge in [0.1, 0.15) is 0 Å². The first kappa shape index (κ1) is 23.9. The summed E-state index contributed by atoms with van der Waals surface area (Å²) in [5.74, 6) is -0.839. The number of nitrogens with zero attached hydrogens (tertiary/aromatic N) is 1. The van der Waals surface area contributed by atoms with E-state index in [1.54, 1.807) is 36.2 Å². The van der Waals surface area contributed by atoms with Crippen LogP contribution in [0, 0.1) is 0 Å². The van der Waals surface area contributed by atoms with Crippen molar-refractivity contribution >= 4 is 40.5 Å². The van der Waals surface area contributed by atoms with Crippen molar-refractivity contribution in [1.82, 2.24) is 5.32 Å². The summed E-state index contributed by atoms with van der Waals surface area (Å²) in [6.07, 6.45) is 0. The molecule has 4 aromatic rings. The molecular formula is C29H25N3O2S. The summed E-state index contributed by atoms with van der Waals surface area (Å²) < 4.78 is 0. The number of anilines is 2. The van der Waals surface area contributed by atoms with E-state index in [-0.39, 0.29) is 16.9 Å². The molecule has 2 N–H and O–H groups in total. The van der Waals surface area contributed by atoms with Gasteiger partial charge in [-0.3, -0.25) is 9.59 Å². The first-order valence-corrected chi connectivity index (χ1v) is 11.6. The first-order chi connectivity index (χ1) is 17.0. The lowest BCUT2D eigenvalue weighted by Crippen LogP contribution is -2.37. The van der Waals surface area contributed by atoms with Crippen LogP contribution in [0.3, 0.4) is 0 Å². The molecule has 0 aliphatic carbocycles. The fourth-order valence-electron chi connectivity index (χ4n) is 3.79. The van der Waals surface area contributed by atoms with E-state index in [1.165, 1.54) is 0 Å². The van der Waals surface area contributed by atoms with E-state index < -0.39 is 5.92 Å². The molecule has 0 bridgehead atoms. The van der Waals surface area contributed by atoms with Gasteiger partial charge in [0.05, 0.1) is 5.92 Å². The zero-order valence-corrected chi connectivity index (χ0v) is 20.0. The van der Waals surface area contributed by atoms with Crippen LogP contribution >= 0.6 is 12.2 Å². The monoisotopic (exact) mass is 479 g/mol. The number of hydrogen-bond donors (Lipinski definition) is 2. The largest absolute Gasteiger partial charge is 0.332 e. The fraction of sp³-hybridized carbons (Fsp3) is 0.0690. The molecule has 0 spiro atoms. The molecule has 0 unspecified atom stereocenters. The smallest absolute Gasteiger partial charge is 0.258 e. The third-order valence-electron chi connectivity index (χ3n) is 5.60. The van der Waals surface area contributed by atoms with Crippen LogP contribution in [0.5, 0.6) is 0 Å². The van der Waals surface area contributed by atoms with Gasteiger partial charge in [-0.1, -0.05) is 78.9 Å². The normalized spacial score (nSPS) is 10.5. The van der Waals surface area contributed by atoms with Crippen molar-refractivity contribution in [1.29, 1.82) is 0 Å². The van der Waals surface area contributed by atoms with Crippen LogP contribution in [0.1, 0.15) is 27.4 Å². The minimum absolute atomic E-state index is 0.118. The highest BCUT2D eigenvalue weighted by molar-refractivity contribution is 7.80. The number of amides is 2. The van der Waals surface area contributed by atoms with Gasteiger partial charge in [0.15, 0.2) is 5.11 Å². The Kier molecular flexibility index (Phi) is 7.65. The quantitative estimate of drug-likeness (QED) is 0.353. The van der Waals surface area contributed by atoms with Crippen LogP contribution < -0.4 is 15.5 Å². The van der Waals surface area contributed by atoms with Crippen LogP contribution in [0.2, 0.25) is 0 Å². The minimum atomic E-state index is -0.495. The lowest BCUT2D eigenvalue weighted by Gasteiger charge is -2.19. The number of carbonyl (C=O) groups excluding carboxylic acids is 2. The van der Waals surface area contributed by atoms with Gasteiger partial charge in [-0.05, 0) is 59.7 Å². The number of carbonyl (C=O) groups is 2. The molecule has 4 rings (SSSR count). The highest BCUT2D eigenvalue weighted by atomic mass is 32.1. The van der Waals surface area contributed by atoms with E-state index in [9.17, 15) is 9.59 Å². The standard InChI is InChI=1S/C29H25N3O2S/c1-32(25-15-9-4-10-16-25)28(34)23-17-19-24(20-18-23)30-29(35)31-27(33)26(21-11-5-2-6-12-21)22-13-7-3-8-14-22/h2-20,26H,1H3,(H2,30,31,33,35). The third kappa shape index (κ3) is 5.99. The molecule has 5 nitrogen and oxygen atoms in total. The predicted octanol–water partition coefficient (Wildman–Crippen LogP) is 5.61. The second-order valence-corrected chi connectivity index (χ2v) is 8.38. The zero-order valence-electron chi connectivity index (χ0n) is 19.2. The van der Waals surface area contributed by atoms with Crippen molar-refractivity contribution in [3.8, 4) is 0 Å². The molecule has 174 valence electrons. The third-order valence-corrected chi connectivity index (χ3v) is 5.81. The Balaban J connectivity index is 1.42. The average molecular weight is 480 g/mol. The van der Waals surface area contributed by atoms with Crippen LogP contribution in [0.15, 0.2) is 115 Å². The van der Waals surface area contributed by atoms with E-state index >= 15 is 0 Å². The molecule has 0 saturated heterocycles. The van der Waals surface area contributed by atoms with E-state index in [4.69, 9.17) is 12.2 Å². The number of nitrogens with one attached hydrogen (secondary N) is 2. The molecule has 4 aromatic carbocycles. The topological polar surface area (TPSA) is 61.4 Å². The molecular weight excluding hydrogens is 454 g/mol. The van der Waals surface area contributed by atoms with Gasteiger partial charge in [-0.25, -0.2) is 0 Å². The molecule has 0 saturated carbocycles. The summed E-state index contributed by atoms with van der Waals surface area (Å²) in [4.78, 5) is 27.6. The van der Waals surface area contributed by atoms with Gasteiger partial charge < -0.3 is 15.5 Å². The molecule has 6 heteroatoms. The van der Waals surface area contributed by atoms with Crippen LogP contribution in [-0.4, -0.2) is 24.0 Å². The summed E-state index contributed by atoms with van der Waals surface area (Å²) in [6, 6.07) is 35.6. The molecule has 0 heterocycles. The Morgan fingerprint density at radius 2 is 1.20 bits per heavy atom. The van der Waals surface area contributed by atoms with E-state index in [0.29, 0.717) is 11.3 Å².